The fraction of sp³-hybridized carbons (Fsp3) is 0.429. The Kier molecular flexibility index (Phi) is 4.24. The van der Waals surface area contributed by atoms with Crippen LogP contribution in [-0.4, -0.2) is 22.1 Å². The molecule has 0 aliphatic rings. The Morgan fingerprint density at radius 3 is 2.84 bits per heavy atom. The zero-order valence-corrected chi connectivity index (χ0v) is 12.9. The molecule has 0 radical (unpaired) electrons. The van der Waals surface area contributed by atoms with E-state index in [0.29, 0.717) is 6.61 Å². The first-order valence-corrected chi connectivity index (χ1v) is 7.14. The van der Waals surface area contributed by atoms with Crippen LogP contribution < -0.4 is 0 Å². The second-order valence-corrected chi connectivity index (χ2v) is 5.52. The van der Waals surface area contributed by atoms with Crippen LogP contribution in [0.4, 0.5) is 0 Å². The van der Waals surface area contributed by atoms with Crippen LogP contribution >= 0.6 is 15.9 Å². The smallest absolute Gasteiger partial charge is 0.313 e. The van der Waals surface area contributed by atoms with Crippen LogP contribution in [0.1, 0.15) is 32.6 Å². The number of ether oxygens (including phenoxy) is 1. The van der Waals surface area contributed by atoms with Crippen LogP contribution in [0.15, 0.2) is 22.7 Å². The fourth-order valence-corrected chi connectivity index (χ4v) is 2.51. The molecule has 0 atom stereocenters. The number of hydrogen-bond donors (Lipinski definition) is 0. The van der Waals surface area contributed by atoms with Gasteiger partial charge < -0.3 is 9.30 Å². The van der Waals surface area contributed by atoms with Gasteiger partial charge in [-0.1, -0.05) is 15.9 Å². The number of halogens is 1. The van der Waals surface area contributed by atoms with Crippen molar-refractivity contribution in [2.24, 2.45) is 0 Å². The first kappa shape index (κ1) is 14.1. The Morgan fingerprint density at radius 1 is 1.47 bits per heavy atom. The van der Waals surface area contributed by atoms with Crippen molar-refractivity contribution in [2.75, 3.05) is 6.61 Å². The summed E-state index contributed by atoms with van der Waals surface area (Å²) >= 11 is 3.44. The summed E-state index contributed by atoms with van der Waals surface area (Å²) in [6.45, 7) is 6.36. The topological polar surface area (TPSA) is 44.1 Å². The number of benzene rings is 1. The molecule has 0 aliphatic heterocycles. The highest BCUT2D eigenvalue weighted by atomic mass is 79.9. The second-order valence-electron chi connectivity index (χ2n) is 4.61. The van der Waals surface area contributed by atoms with Gasteiger partial charge in [-0.05, 0) is 39.0 Å². The highest BCUT2D eigenvalue weighted by Gasteiger charge is 2.16. The molecular weight excluding hydrogens is 308 g/mol. The Morgan fingerprint density at radius 2 is 2.21 bits per heavy atom. The minimum Gasteiger partial charge on any atom is -0.466 e. The second kappa shape index (κ2) is 5.74. The SMILES string of the molecule is CCOC(=O)Cc1nc2cc(Br)ccc2n1C(C)C. The van der Waals surface area contributed by atoms with Crippen molar-refractivity contribution in [3.05, 3.63) is 28.5 Å². The van der Waals surface area contributed by atoms with Crippen molar-refractivity contribution >= 4 is 32.9 Å². The molecule has 0 unspecified atom stereocenters. The van der Waals surface area contributed by atoms with E-state index < -0.39 is 0 Å². The van der Waals surface area contributed by atoms with E-state index in [0.717, 1.165) is 21.3 Å². The molecule has 1 aromatic carbocycles. The Bertz CT molecular complexity index is 605. The van der Waals surface area contributed by atoms with E-state index in [4.69, 9.17) is 4.74 Å². The number of imidazole rings is 1. The predicted molar refractivity (Wildman–Crippen MR) is 78.2 cm³/mol. The minimum atomic E-state index is -0.237. The van der Waals surface area contributed by atoms with Crippen molar-refractivity contribution in [1.29, 1.82) is 0 Å². The van der Waals surface area contributed by atoms with Gasteiger partial charge in [-0.3, -0.25) is 4.79 Å². The predicted octanol–water partition coefficient (Wildman–Crippen LogP) is 3.49. The van der Waals surface area contributed by atoms with Crippen LogP contribution in [-0.2, 0) is 16.0 Å². The molecule has 2 aromatic rings. The summed E-state index contributed by atoms with van der Waals surface area (Å²) in [5, 5.41) is 0. The van der Waals surface area contributed by atoms with Gasteiger partial charge in [0.05, 0.1) is 17.6 Å². The molecule has 19 heavy (non-hydrogen) atoms. The van der Waals surface area contributed by atoms with E-state index in [9.17, 15) is 4.79 Å². The van der Waals surface area contributed by atoms with E-state index in [1.54, 1.807) is 6.92 Å². The maximum atomic E-state index is 11.6. The lowest BCUT2D eigenvalue weighted by Crippen LogP contribution is -2.14. The molecule has 0 N–H and O–H groups in total. The van der Waals surface area contributed by atoms with Gasteiger partial charge in [0.15, 0.2) is 0 Å². The molecule has 0 amide bonds. The lowest BCUT2D eigenvalue weighted by atomic mass is 10.3. The number of nitrogens with zero attached hydrogens (tertiary/aromatic N) is 2. The summed E-state index contributed by atoms with van der Waals surface area (Å²) in [4.78, 5) is 16.2. The molecule has 1 heterocycles. The number of rotatable bonds is 4. The standard InChI is InChI=1S/C14H17BrN2O2/c1-4-19-14(18)8-13-16-11-7-10(15)5-6-12(11)17(13)9(2)3/h5-7,9H,4,8H2,1-3H3. The Labute approximate surface area is 120 Å². The molecule has 102 valence electrons. The lowest BCUT2D eigenvalue weighted by molar-refractivity contribution is -0.142. The van der Waals surface area contributed by atoms with Crippen LogP contribution in [0, 0.1) is 0 Å². The van der Waals surface area contributed by atoms with Gasteiger partial charge in [0.1, 0.15) is 12.2 Å². The maximum absolute atomic E-state index is 11.6. The van der Waals surface area contributed by atoms with Crippen LogP contribution in [0.2, 0.25) is 0 Å². The zero-order chi connectivity index (χ0) is 14.0. The quantitative estimate of drug-likeness (QED) is 0.809. The van der Waals surface area contributed by atoms with Crippen LogP contribution in [0.3, 0.4) is 0 Å². The monoisotopic (exact) mass is 324 g/mol. The third kappa shape index (κ3) is 2.97. The Balaban J connectivity index is 2.47. The molecule has 4 nitrogen and oxygen atoms in total. The van der Waals surface area contributed by atoms with E-state index in [2.05, 4.69) is 39.3 Å². The maximum Gasteiger partial charge on any atom is 0.313 e. The zero-order valence-electron chi connectivity index (χ0n) is 11.3. The molecule has 0 saturated carbocycles. The lowest BCUT2D eigenvalue weighted by Gasteiger charge is -2.12. The number of esters is 1. The van der Waals surface area contributed by atoms with E-state index >= 15 is 0 Å². The first-order valence-electron chi connectivity index (χ1n) is 6.35. The molecule has 0 fully saturated rings. The van der Waals surface area contributed by atoms with E-state index in [-0.39, 0.29) is 18.4 Å². The van der Waals surface area contributed by atoms with Gasteiger partial charge >= 0.3 is 5.97 Å². The average Bonchev–Trinajstić information content (AvgIpc) is 2.65. The Hall–Kier alpha value is -1.36. The van der Waals surface area contributed by atoms with Crippen molar-refractivity contribution in [1.82, 2.24) is 9.55 Å². The van der Waals surface area contributed by atoms with Gasteiger partial charge in [-0.15, -0.1) is 0 Å². The molecule has 1 aromatic heterocycles. The van der Waals surface area contributed by atoms with Gasteiger partial charge in [0.2, 0.25) is 0 Å². The molecule has 5 heteroatoms. The summed E-state index contributed by atoms with van der Waals surface area (Å²) in [7, 11) is 0. The third-order valence-corrected chi connectivity index (χ3v) is 3.34. The largest absolute Gasteiger partial charge is 0.466 e. The van der Waals surface area contributed by atoms with Gasteiger partial charge in [0, 0.05) is 10.5 Å². The number of carbonyl (C=O) groups is 1. The summed E-state index contributed by atoms with van der Waals surface area (Å²) < 4.78 is 8.06. The molecule has 0 bridgehead atoms. The van der Waals surface area contributed by atoms with E-state index in [1.807, 2.05) is 18.2 Å². The van der Waals surface area contributed by atoms with Crippen molar-refractivity contribution < 1.29 is 9.53 Å². The molecule has 0 aliphatic carbocycles. The number of fused-ring (bicyclic) bond motifs is 1. The number of hydrogen-bond acceptors (Lipinski definition) is 3. The number of aromatic nitrogens is 2. The highest BCUT2D eigenvalue weighted by molar-refractivity contribution is 9.10. The summed E-state index contributed by atoms with van der Waals surface area (Å²) in [5.74, 6) is 0.514. The summed E-state index contributed by atoms with van der Waals surface area (Å²) in [6, 6.07) is 6.21. The average molecular weight is 325 g/mol. The number of carbonyl (C=O) groups excluding carboxylic acids is 1. The van der Waals surface area contributed by atoms with Crippen LogP contribution in [0.5, 0.6) is 0 Å². The van der Waals surface area contributed by atoms with Crippen LogP contribution in [0.25, 0.3) is 11.0 Å². The minimum absolute atomic E-state index is 0.207. The summed E-state index contributed by atoms with van der Waals surface area (Å²) in [6.07, 6.45) is 0.207. The van der Waals surface area contributed by atoms with Gasteiger partial charge in [-0.25, -0.2) is 4.98 Å². The molecule has 0 saturated heterocycles. The molecule has 0 spiro atoms. The fourth-order valence-electron chi connectivity index (χ4n) is 2.16. The van der Waals surface area contributed by atoms with Crippen molar-refractivity contribution in [2.45, 2.75) is 33.2 Å². The molecular formula is C14H17BrN2O2. The van der Waals surface area contributed by atoms with Gasteiger partial charge in [-0.2, -0.15) is 0 Å². The van der Waals surface area contributed by atoms with Crippen molar-refractivity contribution in [3.8, 4) is 0 Å². The van der Waals surface area contributed by atoms with Gasteiger partial charge in [0.25, 0.3) is 0 Å². The first-order chi connectivity index (χ1) is 9.02. The summed E-state index contributed by atoms with van der Waals surface area (Å²) in [5.41, 5.74) is 1.93. The van der Waals surface area contributed by atoms with Crippen molar-refractivity contribution in [3.63, 3.8) is 0 Å². The third-order valence-electron chi connectivity index (χ3n) is 2.85. The highest BCUT2D eigenvalue weighted by Crippen LogP contribution is 2.24. The van der Waals surface area contributed by atoms with E-state index in [1.165, 1.54) is 0 Å². The molecule has 2 rings (SSSR count). The normalized spacial score (nSPS) is 11.2.